The zero-order chi connectivity index (χ0) is 17.8. The third-order valence-electron chi connectivity index (χ3n) is 3.73. The zero-order valence-corrected chi connectivity index (χ0v) is 14.0. The van der Waals surface area contributed by atoms with E-state index in [-0.39, 0.29) is 6.61 Å². The van der Waals surface area contributed by atoms with Crippen molar-refractivity contribution in [2.75, 3.05) is 6.61 Å². The highest BCUT2D eigenvalue weighted by atomic mass is 16.7. The Morgan fingerprint density at radius 1 is 0.739 bits per heavy atom. The van der Waals surface area contributed by atoms with Crippen LogP contribution in [0, 0.1) is 0 Å². The number of hydrogen-bond donors (Lipinski definition) is 5. The van der Waals surface area contributed by atoms with Gasteiger partial charge in [0.1, 0.15) is 0 Å². The van der Waals surface area contributed by atoms with Crippen molar-refractivity contribution in [1.82, 2.24) is 0 Å². The van der Waals surface area contributed by atoms with Crippen molar-refractivity contribution in [1.29, 1.82) is 0 Å². The standard InChI is InChI=1S/C16H32O7/c1-2-3-4-5-6-7-8-9-10-11-12-13-23-14(17)15(18,19)16(20,21)22/h18-22H,2-13H2,1H3. The monoisotopic (exact) mass is 336 g/mol. The van der Waals surface area contributed by atoms with Crippen LogP contribution in [-0.4, -0.2) is 49.9 Å². The zero-order valence-electron chi connectivity index (χ0n) is 14.0. The van der Waals surface area contributed by atoms with E-state index in [0.29, 0.717) is 6.42 Å². The van der Waals surface area contributed by atoms with Crippen LogP contribution in [0.25, 0.3) is 0 Å². The minimum Gasteiger partial charge on any atom is -0.461 e. The Morgan fingerprint density at radius 2 is 1.13 bits per heavy atom. The lowest BCUT2D eigenvalue weighted by molar-refractivity contribution is -0.433. The summed E-state index contributed by atoms with van der Waals surface area (Å²) in [5.74, 6) is -9.41. The van der Waals surface area contributed by atoms with Gasteiger partial charge in [0.15, 0.2) is 0 Å². The van der Waals surface area contributed by atoms with Crippen LogP contribution in [0.3, 0.4) is 0 Å². The summed E-state index contributed by atoms with van der Waals surface area (Å²) in [5, 5.41) is 43.9. The van der Waals surface area contributed by atoms with E-state index in [1.165, 1.54) is 44.9 Å². The lowest BCUT2D eigenvalue weighted by Crippen LogP contribution is -2.60. The van der Waals surface area contributed by atoms with Gasteiger partial charge in [0.25, 0.3) is 0 Å². The fourth-order valence-electron chi connectivity index (χ4n) is 2.17. The van der Waals surface area contributed by atoms with Crippen molar-refractivity contribution >= 4 is 5.97 Å². The van der Waals surface area contributed by atoms with E-state index < -0.39 is 17.7 Å². The first-order valence-electron chi connectivity index (χ1n) is 8.52. The fraction of sp³-hybridized carbons (Fsp3) is 0.938. The van der Waals surface area contributed by atoms with Gasteiger partial charge in [-0.05, 0) is 6.42 Å². The van der Waals surface area contributed by atoms with Crippen molar-refractivity contribution < 1.29 is 35.1 Å². The quantitative estimate of drug-likeness (QED) is 0.183. The van der Waals surface area contributed by atoms with Gasteiger partial charge in [0.2, 0.25) is 0 Å². The number of esters is 1. The molecule has 0 unspecified atom stereocenters. The first kappa shape index (κ1) is 22.3. The summed E-state index contributed by atoms with van der Waals surface area (Å²) in [6.45, 7) is 2.13. The Balaban J connectivity index is 3.48. The van der Waals surface area contributed by atoms with Gasteiger partial charge < -0.3 is 30.3 Å². The molecule has 5 N–H and O–H groups in total. The van der Waals surface area contributed by atoms with Crippen molar-refractivity contribution in [3.63, 3.8) is 0 Å². The van der Waals surface area contributed by atoms with Gasteiger partial charge in [-0.2, -0.15) is 0 Å². The molecule has 0 aromatic heterocycles. The summed E-state index contributed by atoms with van der Waals surface area (Å²) >= 11 is 0. The summed E-state index contributed by atoms with van der Waals surface area (Å²) in [7, 11) is 0. The Hall–Kier alpha value is -0.730. The van der Waals surface area contributed by atoms with Gasteiger partial charge >= 0.3 is 17.7 Å². The average Bonchev–Trinajstić information content (AvgIpc) is 2.47. The maximum absolute atomic E-state index is 11.2. The van der Waals surface area contributed by atoms with Crippen LogP contribution in [0.4, 0.5) is 0 Å². The molecule has 0 spiro atoms. The lowest BCUT2D eigenvalue weighted by atomic mass is 10.1. The molecule has 0 atom stereocenters. The second kappa shape index (κ2) is 11.8. The molecule has 7 heteroatoms. The first-order valence-corrected chi connectivity index (χ1v) is 8.52. The molecule has 0 aliphatic carbocycles. The number of rotatable bonds is 14. The number of unbranched alkanes of at least 4 members (excludes halogenated alkanes) is 10. The number of carbonyl (C=O) groups excluding carboxylic acids is 1. The van der Waals surface area contributed by atoms with E-state index in [4.69, 9.17) is 25.5 Å². The van der Waals surface area contributed by atoms with E-state index in [9.17, 15) is 4.79 Å². The average molecular weight is 336 g/mol. The molecule has 0 fully saturated rings. The van der Waals surface area contributed by atoms with Crippen molar-refractivity contribution in [2.45, 2.75) is 89.3 Å². The van der Waals surface area contributed by atoms with Gasteiger partial charge in [-0.1, -0.05) is 71.1 Å². The van der Waals surface area contributed by atoms with Gasteiger partial charge in [0, 0.05) is 0 Å². The van der Waals surface area contributed by atoms with Crippen molar-refractivity contribution in [3.05, 3.63) is 0 Å². The molecule has 7 nitrogen and oxygen atoms in total. The molecular formula is C16H32O7. The molecule has 0 bridgehead atoms. The molecule has 0 heterocycles. The van der Waals surface area contributed by atoms with E-state index >= 15 is 0 Å². The number of carbonyl (C=O) groups is 1. The highest BCUT2D eigenvalue weighted by Gasteiger charge is 2.54. The SMILES string of the molecule is CCCCCCCCCCCCCOC(=O)C(O)(O)C(O)(O)O. The molecule has 0 amide bonds. The Bertz CT molecular complexity index is 310. The number of hydrogen-bond acceptors (Lipinski definition) is 7. The molecule has 0 radical (unpaired) electrons. The molecule has 138 valence electrons. The second-order valence-electron chi connectivity index (χ2n) is 5.98. The molecule has 0 saturated heterocycles. The first-order chi connectivity index (χ1) is 10.7. The van der Waals surface area contributed by atoms with Gasteiger partial charge in [0.05, 0.1) is 6.61 Å². The number of aliphatic hydroxyl groups is 5. The van der Waals surface area contributed by atoms with Crippen LogP contribution in [0.15, 0.2) is 0 Å². The molecule has 0 aromatic rings. The van der Waals surface area contributed by atoms with Crippen LogP contribution < -0.4 is 0 Å². The summed E-state index contributed by atoms with van der Waals surface area (Å²) in [6, 6.07) is 0. The van der Waals surface area contributed by atoms with Crippen LogP contribution in [0.5, 0.6) is 0 Å². The molecule has 0 saturated carbocycles. The molecule has 0 rings (SSSR count). The predicted molar refractivity (Wildman–Crippen MR) is 84.0 cm³/mol. The van der Waals surface area contributed by atoms with Gasteiger partial charge in [-0.15, -0.1) is 0 Å². The Kier molecular flexibility index (Phi) is 11.4. The summed E-state index contributed by atoms with van der Waals surface area (Å²) in [6.07, 6.45) is 12.4. The molecule has 0 aromatic carbocycles. The van der Waals surface area contributed by atoms with Crippen LogP contribution in [0.1, 0.15) is 77.6 Å². The summed E-state index contributed by atoms with van der Waals surface area (Å²) in [4.78, 5) is 11.2. The van der Waals surface area contributed by atoms with Gasteiger partial charge in [-0.3, -0.25) is 0 Å². The van der Waals surface area contributed by atoms with Crippen LogP contribution in [0.2, 0.25) is 0 Å². The Morgan fingerprint density at radius 3 is 1.52 bits per heavy atom. The van der Waals surface area contributed by atoms with E-state index in [1.54, 1.807) is 0 Å². The molecular weight excluding hydrogens is 304 g/mol. The number of ether oxygens (including phenoxy) is 1. The van der Waals surface area contributed by atoms with E-state index in [1.807, 2.05) is 0 Å². The highest BCUT2D eigenvalue weighted by molar-refractivity contribution is 5.78. The van der Waals surface area contributed by atoms with Crippen LogP contribution >= 0.6 is 0 Å². The third kappa shape index (κ3) is 9.88. The lowest BCUT2D eigenvalue weighted by Gasteiger charge is -2.27. The van der Waals surface area contributed by atoms with E-state index in [0.717, 1.165) is 19.3 Å². The topological polar surface area (TPSA) is 127 Å². The minimum atomic E-state index is -3.96. The summed E-state index contributed by atoms with van der Waals surface area (Å²) in [5.41, 5.74) is 0. The van der Waals surface area contributed by atoms with Crippen molar-refractivity contribution in [2.24, 2.45) is 0 Å². The second-order valence-corrected chi connectivity index (χ2v) is 5.98. The molecule has 0 aliphatic heterocycles. The minimum absolute atomic E-state index is 0.0746. The fourth-order valence-corrected chi connectivity index (χ4v) is 2.17. The largest absolute Gasteiger partial charge is 0.461 e. The highest BCUT2D eigenvalue weighted by Crippen LogP contribution is 2.16. The smallest absolute Gasteiger partial charge is 0.375 e. The molecule has 23 heavy (non-hydrogen) atoms. The normalized spacial score (nSPS) is 12.4. The van der Waals surface area contributed by atoms with Crippen LogP contribution in [-0.2, 0) is 9.53 Å². The summed E-state index contributed by atoms with van der Waals surface area (Å²) < 4.78 is 4.50. The Labute approximate surface area is 137 Å². The maximum atomic E-state index is 11.2. The molecule has 0 aliphatic rings. The van der Waals surface area contributed by atoms with Crippen molar-refractivity contribution in [3.8, 4) is 0 Å². The third-order valence-corrected chi connectivity index (χ3v) is 3.73. The van der Waals surface area contributed by atoms with Gasteiger partial charge in [-0.25, -0.2) is 4.79 Å². The van der Waals surface area contributed by atoms with E-state index in [2.05, 4.69) is 11.7 Å². The maximum Gasteiger partial charge on any atom is 0.375 e. The predicted octanol–water partition coefficient (Wildman–Crippen LogP) is 1.15.